The molecule has 2 N–H and O–H groups in total. The Morgan fingerprint density at radius 3 is 2.68 bits per heavy atom. The molecule has 0 spiro atoms. The predicted molar refractivity (Wildman–Crippen MR) is 120 cm³/mol. The number of anilines is 1. The van der Waals surface area contributed by atoms with E-state index in [1.54, 1.807) is 24.4 Å². The third-order valence-corrected chi connectivity index (χ3v) is 5.29. The number of fused-ring (bicyclic) bond motifs is 2. The number of aromatic nitrogens is 3. The number of halogens is 1. The van der Waals surface area contributed by atoms with Crippen LogP contribution < -0.4 is 20.3 Å². The monoisotopic (exact) mass is 434 g/mol. The molecule has 1 aliphatic rings. The van der Waals surface area contributed by atoms with Crippen molar-refractivity contribution < 1.29 is 9.47 Å². The lowest BCUT2D eigenvalue weighted by molar-refractivity contribution is 0.297. The van der Waals surface area contributed by atoms with E-state index in [9.17, 15) is 4.79 Å². The minimum atomic E-state index is -0.260. The van der Waals surface area contributed by atoms with Gasteiger partial charge in [-0.1, -0.05) is 29.8 Å². The number of aromatic amines is 1. The van der Waals surface area contributed by atoms with E-state index in [-0.39, 0.29) is 5.56 Å². The number of benzene rings is 2. The zero-order valence-corrected chi connectivity index (χ0v) is 17.3. The lowest BCUT2D eigenvalue weighted by atomic mass is 10.0. The fourth-order valence-electron chi connectivity index (χ4n) is 3.52. The van der Waals surface area contributed by atoms with Crippen LogP contribution in [0.15, 0.2) is 59.5 Å². The molecule has 0 saturated heterocycles. The molecule has 1 aliphatic heterocycles. The summed E-state index contributed by atoms with van der Waals surface area (Å²) in [5.41, 5.74) is 2.72. The Bertz CT molecular complexity index is 1300. The summed E-state index contributed by atoms with van der Waals surface area (Å²) in [6.07, 6.45) is 2.50. The molecule has 0 radical (unpaired) electrons. The standard InChI is InChI=1S/C23H19ClN4O3/c24-16-5-3-15(4-6-16)17-8-9-25-21-20(17)22(29)28-23(27-21)26-13-14-2-7-18-19(12-14)31-11-1-10-30-18/h2-9,12H,1,10-11,13H2,(H2,25,26,27,28,29). The Morgan fingerprint density at radius 2 is 1.84 bits per heavy atom. The second-order valence-electron chi connectivity index (χ2n) is 7.16. The van der Waals surface area contributed by atoms with Gasteiger partial charge in [0, 0.05) is 24.2 Å². The van der Waals surface area contributed by atoms with E-state index in [2.05, 4.69) is 20.3 Å². The molecule has 0 saturated carbocycles. The lowest BCUT2D eigenvalue weighted by Crippen LogP contribution is -2.14. The van der Waals surface area contributed by atoms with Gasteiger partial charge in [-0.25, -0.2) is 4.98 Å². The number of hydrogen-bond acceptors (Lipinski definition) is 6. The van der Waals surface area contributed by atoms with Gasteiger partial charge in [0.05, 0.1) is 18.6 Å². The van der Waals surface area contributed by atoms with E-state index in [1.807, 2.05) is 30.3 Å². The van der Waals surface area contributed by atoms with Crippen LogP contribution in [0.2, 0.25) is 5.02 Å². The summed E-state index contributed by atoms with van der Waals surface area (Å²) in [5, 5.41) is 4.23. The van der Waals surface area contributed by atoms with Crippen LogP contribution in [0.3, 0.4) is 0 Å². The Balaban J connectivity index is 1.42. The molecule has 8 heteroatoms. The van der Waals surface area contributed by atoms with Crippen LogP contribution in [-0.4, -0.2) is 28.2 Å². The first-order chi connectivity index (χ1) is 15.2. The van der Waals surface area contributed by atoms with Crippen molar-refractivity contribution in [3.05, 3.63) is 75.7 Å². The number of pyridine rings is 1. The van der Waals surface area contributed by atoms with Gasteiger partial charge in [0.25, 0.3) is 5.56 Å². The average Bonchev–Trinajstić information content (AvgIpc) is 3.03. The molecule has 0 aliphatic carbocycles. The Hall–Kier alpha value is -3.58. The number of nitrogens with zero attached hydrogens (tertiary/aromatic N) is 2. The van der Waals surface area contributed by atoms with Crippen LogP contribution in [-0.2, 0) is 6.54 Å². The molecule has 0 bridgehead atoms. The second kappa shape index (κ2) is 8.28. The highest BCUT2D eigenvalue weighted by molar-refractivity contribution is 6.30. The summed E-state index contributed by atoms with van der Waals surface area (Å²) < 4.78 is 11.4. The van der Waals surface area contributed by atoms with Gasteiger partial charge in [0.1, 0.15) is 0 Å². The highest BCUT2D eigenvalue weighted by Gasteiger charge is 2.13. The molecule has 4 aromatic rings. The highest BCUT2D eigenvalue weighted by atomic mass is 35.5. The first kappa shape index (κ1) is 19.4. The molecule has 156 valence electrons. The van der Waals surface area contributed by atoms with Crippen molar-refractivity contribution in [2.75, 3.05) is 18.5 Å². The van der Waals surface area contributed by atoms with Crippen LogP contribution in [0.4, 0.5) is 5.95 Å². The maximum absolute atomic E-state index is 12.9. The van der Waals surface area contributed by atoms with E-state index in [0.29, 0.717) is 41.8 Å². The van der Waals surface area contributed by atoms with Crippen LogP contribution in [0.5, 0.6) is 11.5 Å². The Morgan fingerprint density at radius 1 is 1.03 bits per heavy atom. The summed E-state index contributed by atoms with van der Waals surface area (Å²) in [4.78, 5) is 24.5. The predicted octanol–water partition coefficient (Wildman–Crippen LogP) is 4.41. The first-order valence-corrected chi connectivity index (χ1v) is 10.3. The molecule has 0 unspecified atom stereocenters. The normalized spacial score (nSPS) is 13.1. The molecule has 7 nitrogen and oxygen atoms in total. The van der Waals surface area contributed by atoms with E-state index in [0.717, 1.165) is 34.6 Å². The summed E-state index contributed by atoms with van der Waals surface area (Å²) >= 11 is 5.99. The van der Waals surface area contributed by atoms with Gasteiger partial charge in [0.2, 0.25) is 5.95 Å². The second-order valence-corrected chi connectivity index (χ2v) is 7.60. The highest BCUT2D eigenvalue weighted by Crippen LogP contribution is 2.30. The number of H-pyrrole nitrogens is 1. The van der Waals surface area contributed by atoms with Crippen LogP contribution in [0.1, 0.15) is 12.0 Å². The third-order valence-electron chi connectivity index (χ3n) is 5.03. The molecule has 31 heavy (non-hydrogen) atoms. The van der Waals surface area contributed by atoms with Crippen molar-refractivity contribution in [3.8, 4) is 22.6 Å². The van der Waals surface area contributed by atoms with Crippen molar-refractivity contribution in [1.82, 2.24) is 15.0 Å². The molecule has 3 heterocycles. The molecular weight excluding hydrogens is 416 g/mol. The molecule has 0 atom stereocenters. The number of hydrogen-bond donors (Lipinski definition) is 2. The summed E-state index contributed by atoms with van der Waals surface area (Å²) in [5.74, 6) is 1.83. The topological polar surface area (TPSA) is 89.1 Å². The maximum Gasteiger partial charge on any atom is 0.262 e. The Labute approximate surface area is 183 Å². The van der Waals surface area contributed by atoms with Gasteiger partial charge in [-0.2, -0.15) is 4.98 Å². The fourth-order valence-corrected chi connectivity index (χ4v) is 3.65. The number of nitrogens with one attached hydrogen (secondary N) is 2. The molecule has 0 fully saturated rings. The lowest BCUT2D eigenvalue weighted by Gasteiger charge is -2.11. The maximum atomic E-state index is 12.9. The summed E-state index contributed by atoms with van der Waals surface area (Å²) in [6, 6.07) is 14.9. The number of ether oxygens (including phenoxy) is 2. The van der Waals surface area contributed by atoms with Crippen LogP contribution in [0, 0.1) is 0 Å². The minimum Gasteiger partial charge on any atom is -0.490 e. The summed E-state index contributed by atoms with van der Waals surface area (Å²) in [7, 11) is 0. The van der Waals surface area contributed by atoms with Gasteiger partial charge >= 0.3 is 0 Å². The zero-order valence-electron chi connectivity index (χ0n) is 16.5. The SMILES string of the molecule is O=c1[nH]c(NCc2ccc3c(c2)OCCCO3)nc2nccc(-c3ccc(Cl)cc3)c12. The first-order valence-electron chi connectivity index (χ1n) is 9.95. The molecular formula is C23H19ClN4O3. The zero-order chi connectivity index (χ0) is 21.2. The van der Waals surface area contributed by atoms with E-state index in [4.69, 9.17) is 21.1 Å². The van der Waals surface area contributed by atoms with E-state index >= 15 is 0 Å². The van der Waals surface area contributed by atoms with Gasteiger partial charge < -0.3 is 14.8 Å². The fraction of sp³-hybridized carbons (Fsp3) is 0.174. The Kier molecular flexibility index (Phi) is 5.18. The van der Waals surface area contributed by atoms with Crippen molar-refractivity contribution in [3.63, 3.8) is 0 Å². The van der Waals surface area contributed by atoms with Crippen molar-refractivity contribution in [2.45, 2.75) is 13.0 Å². The molecule has 2 aromatic heterocycles. The summed E-state index contributed by atoms with van der Waals surface area (Å²) in [6.45, 7) is 1.74. The van der Waals surface area contributed by atoms with Gasteiger partial charge in [-0.15, -0.1) is 0 Å². The minimum absolute atomic E-state index is 0.260. The average molecular weight is 435 g/mol. The quantitative estimate of drug-likeness (QED) is 0.494. The molecule has 5 rings (SSSR count). The van der Waals surface area contributed by atoms with E-state index in [1.165, 1.54) is 0 Å². The molecule has 2 aromatic carbocycles. The van der Waals surface area contributed by atoms with Crippen LogP contribution in [0.25, 0.3) is 22.2 Å². The van der Waals surface area contributed by atoms with Crippen molar-refractivity contribution in [2.24, 2.45) is 0 Å². The smallest absolute Gasteiger partial charge is 0.262 e. The molecule has 0 amide bonds. The van der Waals surface area contributed by atoms with Crippen molar-refractivity contribution in [1.29, 1.82) is 0 Å². The van der Waals surface area contributed by atoms with Gasteiger partial charge in [0.15, 0.2) is 17.1 Å². The van der Waals surface area contributed by atoms with Gasteiger partial charge in [-0.05, 0) is 47.0 Å². The number of rotatable bonds is 4. The van der Waals surface area contributed by atoms with E-state index < -0.39 is 0 Å². The van der Waals surface area contributed by atoms with Crippen LogP contribution >= 0.6 is 11.6 Å². The largest absolute Gasteiger partial charge is 0.490 e. The van der Waals surface area contributed by atoms with Crippen molar-refractivity contribution >= 4 is 28.6 Å². The third kappa shape index (κ3) is 4.04. The van der Waals surface area contributed by atoms with Gasteiger partial charge in [-0.3, -0.25) is 9.78 Å².